The predicted molar refractivity (Wildman–Crippen MR) is 85.8 cm³/mol. The van der Waals surface area contributed by atoms with Gasteiger partial charge in [0.25, 0.3) is 0 Å². The summed E-state index contributed by atoms with van der Waals surface area (Å²) in [5.74, 6) is 0.373. The summed E-state index contributed by atoms with van der Waals surface area (Å²) in [6.45, 7) is 4.19. The second kappa shape index (κ2) is 7.41. The Bertz CT molecular complexity index is 678. The SMILES string of the molecule is CCOc1ccc(C(=O)/C=C/Nc2ccc(F)c(C)c2)cc1. The molecule has 2 rings (SSSR count). The fourth-order valence-corrected chi connectivity index (χ4v) is 1.93. The van der Waals surface area contributed by atoms with Gasteiger partial charge >= 0.3 is 0 Å². The zero-order valence-corrected chi connectivity index (χ0v) is 12.6. The maximum absolute atomic E-state index is 13.1. The second-order valence-electron chi connectivity index (χ2n) is 4.76. The molecule has 0 fully saturated rings. The van der Waals surface area contributed by atoms with Crippen LogP contribution in [0.3, 0.4) is 0 Å². The normalized spacial score (nSPS) is 10.7. The van der Waals surface area contributed by atoms with Crippen molar-refractivity contribution in [2.24, 2.45) is 0 Å². The summed E-state index contributed by atoms with van der Waals surface area (Å²) in [5, 5.41) is 2.95. The molecular formula is C18H18FNO2. The standard InChI is InChI=1S/C18H18FNO2/c1-3-22-16-7-4-14(5-8-16)18(21)10-11-20-15-6-9-17(19)13(2)12-15/h4-12,20H,3H2,1-2H3/b11-10+. The van der Waals surface area contributed by atoms with Gasteiger partial charge in [-0.2, -0.15) is 0 Å². The Morgan fingerprint density at radius 2 is 1.95 bits per heavy atom. The van der Waals surface area contributed by atoms with E-state index in [-0.39, 0.29) is 11.6 Å². The molecule has 0 aliphatic heterocycles. The van der Waals surface area contributed by atoms with Crippen molar-refractivity contribution < 1.29 is 13.9 Å². The number of benzene rings is 2. The number of halogens is 1. The van der Waals surface area contributed by atoms with E-state index < -0.39 is 0 Å². The zero-order valence-electron chi connectivity index (χ0n) is 12.6. The number of ether oxygens (including phenoxy) is 1. The minimum atomic E-state index is -0.250. The van der Waals surface area contributed by atoms with Crippen molar-refractivity contribution >= 4 is 11.5 Å². The molecule has 114 valence electrons. The number of hydrogen-bond donors (Lipinski definition) is 1. The minimum absolute atomic E-state index is 0.116. The summed E-state index contributed by atoms with van der Waals surface area (Å²) in [6, 6.07) is 11.7. The van der Waals surface area contributed by atoms with Gasteiger partial charge in [-0.15, -0.1) is 0 Å². The first-order chi connectivity index (χ1) is 10.6. The lowest BCUT2D eigenvalue weighted by Gasteiger charge is -2.04. The van der Waals surface area contributed by atoms with Gasteiger partial charge in [0.05, 0.1) is 6.61 Å². The highest BCUT2D eigenvalue weighted by Gasteiger charge is 2.02. The van der Waals surface area contributed by atoms with Gasteiger partial charge in [0.2, 0.25) is 0 Å². The zero-order chi connectivity index (χ0) is 15.9. The van der Waals surface area contributed by atoms with Crippen LogP contribution in [0.1, 0.15) is 22.8 Å². The Kier molecular flexibility index (Phi) is 5.31. The van der Waals surface area contributed by atoms with Crippen molar-refractivity contribution in [2.45, 2.75) is 13.8 Å². The smallest absolute Gasteiger partial charge is 0.187 e. The Balaban J connectivity index is 1.97. The number of carbonyl (C=O) groups excluding carboxylic acids is 1. The predicted octanol–water partition coefficient (Wildman–Crippen LogP) is 4.34. The Hall–Kier alpha value is -2.62. The summed E-state index contributed by atoms with van der Waals surface area (Å²) in [6.07, 6.45) is 2.99. The maximum atomic E-state index is 13.1. The molecule has 0 heterocycles. The molecule has 0 saturated heterocycles. The largest absolute Gasteiger partial charge is 0.494 e. The minimum Gasteiger partial charge on any atom is -0.494 e. The molecule has 2 aromatic carbocycles. The number of carbonyl (C=O) groups is 1. The van der Waals surface area contributed by atoms with Crippen molar-refractivity contribution in [3.05, 3.63) is 71.7 Å². The number of rotatable bonds is 6. The van der Waals surface area contributed by atoms with Crippen molar-refractivity contribution in [1.82, 2.24) is 0 Å². The van der Waals surface area contributed by atoms with Gasteiger partial charge in [0.15, 0.2) is 5.78 Å². The van der Waals surface area contributed by atoms with Gasteiger partial charge in [-0.1, -0.05) is 0 Å². The number of allylic oxidation sites excluding steroid dienone is 1. The molecule has 0 bridgehead atoms. The number of nitrogens with one attached hydrogen (secondary N) is 1. The molecule has 3 nitrogen and oxygen atoms in total. The first-order valence-corrected chi connectivity index (χ1v) is 7.06. The van der Waals surface area contributed by atoms with Crippen LogP contribution in [0.4, 0.5) is 10.1 Å². The van der Waals surface area contributed by atoms with Crippen LogP contribution in [0.25, 0.3) is 0 Å². The van der Waals surface area contributed by atoms with Crippen LogP contribution in [0.5, 0.6) is 5.75 Å². The third kappa shape index (κ3) is 4.19. The lowest BCUT2D eigenvalue weighted by atomic mass is 10.1. The lowest BCUT2D eigenvalue weighted by molar-refractivity contribution is 0.104. The maximum Gasteiger partial charge on any atom is 0.187 e. The summed E-state index contributed by atoms with van der Waals surface area (Å²) < 4.78 is 18.5. The van der Waals surface area contributed by atoms with E-state index >= 15 is 0 Å². The van der Waals surface area contributed by atoms with Crippen LogP contribution in [-0.2, 0) is 0 Å². The van der Waals surface area contributed by atoms with Gasteiger partial charge in [0.1, 0.15) is 11.6 Å². The van der Waals surface area contributed by atoms with E-state index in [0.29, 0.717) is 17.7 Å². The van der Waals surface area contributed by atoms with Gasteiger partial charge in [-0.25, -0.2) is 4.39 Å². The Morgan fingerprint density at radius 3 is 2.59 bits per heavy atom. The quantitative estimate of drug-likeness (QED) is 0.637. The molecule has 1 N–H and O–H groups in total. The van der Waals surface area contributed by atoms with Crippen molar-refractivity contribution in [1.29, 1.82) is 0 Å². The number of hydrogen-bond acceptors (Lipinski definition) is 3. The molecular weight excluding hydrogens is 281 g/mol. The first kappa shape index (κ1) is 15.8. The number of anilines is 1. The number of aryl methyl sites for hydroxylation is 1. The fraction of sp³-hybridized carbons (Fsp3) is 0.167. The highest BCUT2D eigenvalue weighted by atomic mass is 19.1. The van der Waals surface area contributed by atoms with Gasteiger partial charge in [-0.3, -0.25) is 4.79 Å². The highest BCUT2D eigenvalue weighted by molar-refractivity contribution is 6.04. The van der Waals surface area contributed by atoms with Crippen molar-refractivity contribution in [3.63, 3.8) is 0 Å². The topological polar surface area (TPSA) is 38.3 Å². The third-order valence-electron chi connectivity index (χ3n) is 3.09. The van der Waals surface area contributed by atoms with E-state index in [4.69, 9.17) is 4.74 Å². The van der Waals surface area contributed by atoms with Crippen molar-refractivity contribution in [2.75, 3.05) is 11.9 Å². The fourth-order valence-electron chi connectivity index (χ4n) is 1.93. The molecule has 0 amide bonds. The van der Waals surface area contributed by atoms with Crippen LogP contribution in [0.15, 0.2) is 54.7 Å². The van der Waals surface area contributed by atoms with Crippen molar-refractivity contribution in [3.8, 4) is 5.75 Å². The molecule has 0 unspecified atom stereocenters. The lowest BCUT2D eigenvalue weighted by Crippen LogP contribution is -1.97. The average Bonchev–Trinajstić information content (AvgIpc) is 2.52. The summed E-state index contributed by atoms with van der Waals surface area (Å²) >= 11 is 0. The molecule has 0 saturated carbocycles. The van der Waals surface area contributed by atoms with E-state index in [2.05, 4.69) is 5.32 Å². The van der Waals surface area contributed by atoms with Gasteiger partial charge in [-0.05, 0) is 61.9 Å². The highest BCUT2D eigenvalue weighted by Crippen LogP contribution is 2.14. The van der Waals surface area contributed by atoms with E-state index in [0.717, 1.165) is 11.4 Å². The second-order valence-corrected chi connectivity index (χ2v) is 4.76. The first-order valence-electron chi connectivity index (χ1n) is 7.06. The molecule has 0 spiro atoms. The molecule has 4 heteroatoms. The van der Waals surface area contributed by atoms with Gasteiger partial charge < -0.3 is 10.1 Å². The monoisotopic (exact) mass is 299 g/mol. The third-order valence-corrected chi connectivity index (χ3v) is 3.09. The molecule has 0 aromatic heterocycles. The van der Waals surface area contributed by atoms with E-state index in [1.54, 1.807) is 49.5 Å². The summed E-state index contributed by atoms with van der Waals surface area (Å²) in [7, 11) is 0. The van der Waals surface area contributed by atoms with Gasteiger partial charge in [0, 0.05) is 23.5 Å². The van der Waals surface area contributed by atoms with Crippen LogP contribution < -0.4 is 10.1 Å². The molecule has 0 radical (unpaired) electrons. The van der Waals surface area contributed by atoms with Crippen LogP contribution in [-0.4, -0.2) is 12.4 Å². The summed E-state index contributed by atoms with van der Waals surface area (Å²) in [5.41, 5.74) is 1.86. The van der Waals surface area contributed by atoms with E-state index in [9.17, 15) is 9.18 Å². The summed E-state index contributed by atoms with van der Waals surface area (Å²) in [4.78, 5) is 12.0. The Morgan fingerprint density at radius 1 is 1.23 bits per heavy atom. The number of ketones is 1. The van der Waals surface area contributed by atoms with E-state index in [1.807, 2.05) is 6.92 Å². The molecule has 2 aromatic rings. The molecule has 0 atom stereocenters. The van der Waals surface area contributed by atoms with E-state index in [1.165, 1.54) is 12.1 Å². The molecule has 0 aliphatic rings. The average molecular weight is 299 g/mol. The van der Waals surface area contributed by atoms with Crippen LogP contribution >= 0.6 is 0 Å². The van der Waals surface area contributed by atoms with Crippen LogP contribution in [0.2, 0.25) is 0 Å². The van der Waals surface area contributed by atoms with Crippen LogP contribution in [0, 0.1) is 12.7 Å². The molecule has 22 heavy (non-hydrogen) atoms. The Labute approximate surface area is 129 Å². The molecule has 0 aliphatic carbocycles.